The predicted molar refractivity (Wildman–Crippen MR) is 131 cm³/mol. The number of nitrogens with zero attached hydrogens (tertiary/aromatic N) is 1. The Morgan fingerprint density at radius 3 is 2.53 bits per heavy atom. The number of aromatic hydroxyl groups is 1. The van der Waals surface area contributed by atoms with E-state index in [4.69, 9.17) is 4.74 Å². The number of benzene rings is 2. The van der Waals surface area contributed by atoms with Crippen LogP contribution in [0.25, 0.3) is 11.1 Å². The normalized spacial score (nSPS) is 11.5. The maximum atomic E-state index is 12.8. The first-order valence-electron chi connectivity index (χ1n) is 11.0. The summed E-state index contributed by atoms with van der Waals surface area (Å²) in [6, 6.07) is 14.0. The monoisotopic (exact) mass is 463 g/mol. The summed E-state index contributed by atoms with van der Waals surface area (Å²) in [7, 11) is 1.53. The van der Waals surface area contributed by atoms with Crippen LogP contribution < -0.4 is 16.2 Å². The van der Waals surface area contributed by atoms with Gasteiger partial charge in [-0.15, -0.1) is 0 Å². The lowest BCUT2D eigenvalue weighted by Gasteiger charge is -2.20. The molecule has 0 aliphatic rings. The second-order valence-electron chi connectivity index (χ2n) is 8.05. The minimum absolute atomic E-state index is 0.101. The number of rotatable bonds is 7. The average Bonchev–Trinajstić information content (AvgIpc) is 2.81. The van der Waals surface area contributed by atoms with E-state index in [-0.39, 0.29) is 24.5 Å². The largest absolute Gasteiger partial charge is 0.505 e. The van der Waals surface area contributed by atoms with E-state index in [1.165, 1.54) is 17.8 Å². The van der Waals surface area contributed by atoms with E-state index in [9.17, 15) is 19.5 Å². The molecule has 3 N–H and O–H groups in total. The molecule has 8 nitrogen and oxygen atoms in total. The molecule has 0 aliphatic heterocycles. The first-order valence-corrected chi connectivity index (χ1v) is 11.0. The molecule has 3 rings (SSSR count). The molecule has 0 spiro atoms. The van der Waals surface area contributed by atoms with Crippen LogP contribution >= 0.6 is 0 Å². The zero-order valence-corrected chi connectivity index (χ0v) is 19.7. The fraction of sp³-hybridized carbons (Fsp3) is 0.269. The number of urea groups is 1. The second-order valence-corrected chi connectivity index (χ2v) is 8.05. The molecule has 1 unspecified atom stereocenters. The lowest BCUT2D eigenvalue weighted by atomic mass is 9.95. The maximum absolute atomic E-state index is 12.8. The topological polar surface area (TPSA) is 110 Å². The van der Waals surface area contributed by atoms with Crippen LogP contribution in [0.15, 0.2) is 59.5 Å². The number of esters is 1. The molecular weight excluding hydrogens is 434 g/mol. The molecule has 3 aromatic rings. The third-order valence-corrected chi connectivity index (χ3v) is 5.50. The minimum atomic E-state index is -0.728. The van der Waals surface area contributed by atoms with Crippen LogP contribution in [0.4, 0.5) is 10.5 Å². The van der Waals surface area contributed by atoms with E-state index in [2.05, 4.69) is 10.6 Å². The van der Waals surface area contributed by atoms with Crippen LogP contribution in [0.2, 0.25) is 0 Å². The highest BCUT2D eigenvalue weighted by atomic mass is 16.5. The second kappa shape index (κ2) is 10.7. The van der Waals surface area contributed by atoms with Gasteiger partial charge in [0.2, 0.25) is 0 Å². The summed E-state index contributed by atoms with van der Waals surface area (Å²) in [6.07, 6.45) is 1.37. The summed E-state index contributed by atoms with van der Waals surface area (Å²) in [5, 5.41) is 15.5. The minimum Gasteiger partial charge on any atom is -0.505 e. The van der Waals surface area contributed by atoms with Crippen LogP contribution in [0.5, 0.6) is 5.75 Å². The summed E-state index contributed by atoms with van der Waals surface area (Å²) in [5.74, 6) is -0.773. The average molecular weight is 464 g/mol. The fourth-order valence-electron chi connectivity index (χ4n) is 3.76. The highest BCUT2D eigenvalue weighted by Gasteiger charge is 2.22. The van der Waals surface area contributed by atoms with Gasteiger partial charge in [-0.05, 0) is 49.1 Å². The van der Waals surface area contributed by atoms with E-state index in [1.807, 2.05) is 55.5 Å². The van der Waals surface area contributed by atoms with E-state index in [0.717, 1.165) is 16.7 Å². The number of aryl methyl sites for hydroxylation is 3. The van der Waals surface area contributed by atoms with Gasteiger partial charge in [0.25, 0.3) is 5.56 Å². The molecule has 2 amide bonds. The molecule has 0 saturated heterocycles. The van der Waals surface area contributed by atoms with Gasteiger partial charge >= 0.3 is 12.0 Å². The molecule has 0 fully saturated rings. The first kappa shape index (κ1) is 24.6. The van der Waals surface area contributed by atoms with Crippen molar-refractivity contribution in [2.24, 2.45) is 7.05 Å². The Labute approximate surface area is 198 Å². The van der Waals surface area contributed by atoms with Gasteiger partial charge in [-0.1, -0.05) is 42.5 Å². The summed E-state index contributed by atoms with van der Waals surface area (Å²) in [4.78, 5) is 37.5. The number of nitrogens with one attached hydrogen (secondary N) is 2. The third-order valence-electron chi connectivity index (χ3n) is 5.50. The first-order chi connectivity index (χ1) is 16.2. The molecule has 0 aliphatic carbocycles. The van der Waals surface area contributed by atoms with Gasteiger partial charge in [0.15, 0.2) is 5.69 Å². The van der Waals surface area contributed by atoms with Gasteiger partial charge in [-0.3, -0.25) is 9.59 Å². The van der Waals surface area contributed by atoms with Crippen LogP contribution in [0.3, 0.4) is 0 Å². The number of pyridine rings is 1. The molecule has 0 bridgehead atoms. The number of hydrogen-bond acceptors (Lipinski definition) is 5. The van der Waals surface area contributed by atoms with Crippen LogP contribution in [0.1, 0.15) is 36.1 Å². The molecular formula is C26H29N3O5. The standard InChI is InChI=1S/C26H29N3O5/c1-5-34-22(30)14-21(19-11-8-10-18(13-19)20-12-7-6-9-16(20)2)27-26(33)28-23-24(31)17(3)15-29(4)25(23)32/h6-13,15,21,31H,5,14H2,1-4H3,(H2,27,28,33). The van der Waals surface area contributed by atoms with Gasteiger partial charge in [-0.2, -0.15) is 0 Å². The van der Waals surface area contributed by atoms with Crippen molar-refractivity contribution in [2.45, 2.75) is 33.2 Å². The number of amides is 2. The zero-order valence-electron chi connectivity index (χ0n) is 19.7. The van der Waals surface area contributed by atoms with Gasteiger partial charge in [0, 0.05) is 18.8 Å². The summed E-state index contributed by atoms with van der Waals surface area (Å²) in [6.45, 7) is 5.56. The SMILES string of the molecule is CCOC(=O)CC(NC(=O)Nc1c(O)c(C)cn(C)c1=O)c1cccc(-c2ccccc2C)c1. The Bertz CT molecular complexity index is 1270. The van der Waals surface area contributed by atoms with Gasteiger partial charge in [-0.25, -0.2) is 4.79 Å². The molecule has 34 heavy (non-hydrogen) atoms. The van der Waals surface area contributed by atoms with Crippen molar-refractivity contribution in [1.82, 2.24) is 9.88 Å². The number of anilines is 1. The number of ether oxygens (including phenoxy) is 1. The smallest absolute Gasteiger partial charge is 0.319 e. The molecule has 1 aromatic heterocycles. The number of aromatic nitrogens is 1. The maximum Gasteiger partial charge on any atom is 0.319 e. The van der Waals surface area contributed by atoms with Crippen molar-refractivity contribution in [2.75, 3.05) is 11.9 Å². The lowest BCUT2D eigenvalue weighted by Crippen LogP contribution is -2.36. The lowest BCUT2D eigenvalue weighted by molar-refractivity contribution is -0.143. The van der Waals surface area contributed by atoms with Crippen molar-refractivity contribution in [3.63, 3.8) is 0 Å². The molecule has 8 heteroatoms. The van der Waals surface area contributed by atoms with Gasteiger partial charge in [0.05, 0.1) is 19.1 Å². The van der Waals surface area contributed by atoms with Crippen LogP contribution in [0, 0.1) is 13.8 Å². The highest BCUT2D eigenvalue weighted by Crippen LogP contribution is 2.28. The van der Waals surface area contributed by atoms with Gasteiger partial charge < -0.3 is 25.0 Å². The molecule has 1 heterocycles. The van der Waals surface area contributed by atoms with Crippen molar-refractivity contribution in [3.05, 3.63) is 81.8 Å². The molecule has 0 radical (unpaired) electrons. The Hall–Kier alpha value is -4.07. The molecule has 1 atom stereocenters. The summed E-state index contributed by atoms with van der Waals surface area (Å²) in [5.41, 5.74) is 3.42. The van der Waals surface area contributed by atoms with E-state index in [1.54, 1.807) is 13.8 Å². The summed E-state index contributed by atoms with van der Waals surface area (Å²) >= 11 is 0. The number of carbonyl (C=O) groups is 2. The van der Waals surface area contributed by atoms with Crippen molar-refractivity contribution in [1.29, 1.82) is 0 Å². The highest BCUT2D eigenvalue weighted by molar-refractivity contribution is 5.91. The van der Waals surface area contributed by atoms with Crippen LogP contribution in [-0.4, -0.2) is 28.3 Å². The molecule has 178 valence electrons. The van der Waals surface area contributed by atoms with Crippen molar-refractivity contribution < 1.29 is 19.4 Å². The number of carbonyl (C=O) groups excluding carboxylic acids is 2. The zero-order chi connectivity index (χ0) is 24.8. The van der Waals surface area contributed by atoms with Crippen LogP contribution in [-0.2, 0) is 16.6 Å². The third kappa shape index (κ3) is 5.64. The Morgan fingerprint density at radius 1 is 1.09 bits per heavy atom. The molecule has 2 aromatic carbocycles. The van der Waals surface area contributed by atoms with Crippen molar-refractivity contribution in [3.8, 4) is 16.9 Å². The number of hydrogen-bond donors (Lipinski definition) is 3. The Kier molecular flexibility index (Phi) is 7.73. The predicted octanol–water partition coefficient (Wildman–Crippen LogP) is 4.19. The van der Waals surface area contributed by atoms with E-state index < -0.39 is 23.6 Å². The van der Waals surface area contributed by atoms with E-state index in [0.29, 0.717) is 11.1 Å². The quantitative estimate of drug-likeness (QED) is 0.455. The van der Waals surface area contributed by atoms with Crippen molar-refractivity contribution >= 4 is 17.7 Å². The van der Waals surface area contributed by atoms with E-state index >= 15 is 0 Å². The Balaban J connectivity index is 1.91. The Morgan fingerprint density at radius 2 is 1.82 bits per heavy atom. The molecule has 0 saturated carbocycles. The fourth-order valence-corrected chi connectivity index (χ4v) is 3.76. The van der Waals surface area contributed by atoms with Gasteiger partial charge in [0.1, 0.15) is 5.75 Å². The summed E-state index contributed by atoms with van der Waals surface area (Å²) < 4.78 is 6.36.